The van der Waals surface area contributed by atoms with E-state index in [1.165, 1.54) is 4.90 Å². The van der Waals surface area contributed by atoms with Gasteiger partial charge in [-0.1, -0.05) is 29.8 Å². The number of benzene rings is 2. The van der Waals surface area contributed by atoms with Crippen LogP contribution in [0.25, 0.3) is 5.76 Å². The standard InChI is InChI=1S/C25H27NO5/c1-15-9-10-16(2)20(12-15)23(27)21-22(17-6-4-7-18(13-17)30-3)26(25(29)24(21)28)14-19-8-5-11-31-19/h4,6-7,9-10,12-13,19,22,27H,5,8,11,14H2,1-3H3/b23-21+. The number of aliphatic hydroxyl groups excluding tert-OH is 1. The predicted octanol–water partition coefficient (Wildman–Crippen LogP) is 3.91. The number of ether oxygens (including phenoxy) is 2. The first-order valence-electron chi connectivity index (χ1n) is 10.5. The summed E-state index contributed by atoms with van der Waals surface area (Å²) in [6.07, 6.45) is 1.65. The van der Waals surface area contributed by atoms with Gasteiger partial charge in [0.15, 0.2) is 0 Å². The van der Waals surface area contributed by atoms with E-state index in [2.05, 4.69) is 0 Å². The zero-order valence-electron chi connectivity index (χ0n) is 18.1. The molecule has 1 amide bonds. The summed E-state index contributed by atoms with van der Waals surface area (Å²) in [5.41, 5.74) is 3.16. The van der Waals surface area contributed by atoms with E-state index in [4.69, 9.17) is 9.47 Å². The minimum Gasteiger partial charge on any atom is -0.507 e. The first-order chi connectivity index (χ1) is 14.9. The molecule has 2 heterocycles. The van der Waals surface area contributed by atoms with Crippen LogP contribution < -0.4 is 4.74 Å². The molecule has 1 N–H and O–H groups in total. The number of rotatable bonds is 5. The second-order valence-electron chi connectivity index (χ2n) is 8.18. The molecule has 0 bridgehead atoms. The fraction of sp³-hybridized carbons (Fsp3) is 0.360. The van der Waals surface area contributed by atoms with E-state index >= 15 is 0 Å². The van der Waals surface area contributed by atoms with E-state index in [-0.39, 0.29) is 17.4 Å². The highest BCUT2D eigenvalue weighted by atomic mass is 16.5. The molecule has 2 aliphatic heterocycles. The number of hydrogen-bond acceptors (Lipinski definition) is 5. The number of methoxy groups -OCH3 is 1. The number of Topliss-reactive ketones (excluding diaryl/α,β-unsaturated/α-hetero) is 1. The molecule has 2 atom stereocenters. The third-order valence-corrected chi connectivity index (χ3v) is 6.02. The maximum atomic E-state index is 13.2. The molecule has 162 valence electrons. The van der Waals surface area contributed by atoms with Crippen molar-refractivity contribution >= 4 is 17.4 Å². The lowest BCUT2D eigenvalue weighted by Gasteiger charge is -2.27. The zero-order chi connectivity index (χ0) is 22.1. The molecule has 2 unspecified atom stereocenters. The van der Waals surface area contributed by atoms with E-state index in [1.54, 1.807) is 19.2 Å². The van der Waals surface area contributed by atoms with Crippen LogP contribution in [0.2, 0.25) is 0 Å². The molecule has 4 rings (SSSR count). The topological polar surface area (TPSA) is 76.1 Å². The van der Waals surface area contributed by atoms with Crippen molar-refractivity contribution in [2.75, 3.05) is 20.3 Å². The Hall–Kier alpha value is -3.12. The van der Waals surface area contributed by atoms with Crippen LogP contribution in [0.5, 0.6) is 5.75 Å². The minimum absolute atomic E-state index is 0.102. The van der Waals surface area contributed by atoms with Crippen LogP contribution >= 0.6 is 0 Å². The van der Waals surface area contributed by atoms with Gasteiger partial charge in [0.1, 0.15) is 11.5 Å². The van der Waals surface area contributed by atoms with Crippen LogP contribution in [0.4, 0.5) is 0 Å². The number of ketones is 1. The number of aryl methyl sites for hydroxylation is 2. The van der Waals surface area contributed by atoms with Crippen molar-refractivity contribution in [2.45, 2.75) is 38.8 Å². The predicted molar refractivity (Wildman–Crippen MR) is 117 cm³/mol. The molecule has 0 aromatic heterocycles. The van der Waals surface area contributed by atoms with E-state index in [0.717, 1.165) is 24.0 Å². The van der Waals surface area contributed by atoms with Gasteiger partial charge in [-0.05, 0) is 56.0 Å². The van der Waals surface area contributed by atoms with Gasteiger partial charge in [0.05, 0.1) is 24.8 Å². The number of aliphatic hydroxyl groups is 1. The van der Waals surface area contributed by atoms with Crippen molar-refractivity contribution in [3.8, 4) is 5.75 Å². The molecule has 0 aliphatic carbocycles. The summed E-state index contributed by atoms with van der Waals surface area (Å²) in [5, 5.41) is 11.3. The Kier molecular flexibility index (Phi) is 5.83. The number of amides is 1. The number of hydrogen-bond donors (Lipinski definition) is 1. The molecule has 2 fully saturated rings. The van der Waals surface area contributed by atoms with Gasteiger partial charge >= 0.3 is 0 Å². The van der Waals surface area contributed by atoms with Crippen LogP contribution in [-0.2, 0) is 14.3 Å². The van der Waals surface area contributed by atoms with Crippen molar-refractivity contribution < 1.29 is 24.2 Å². The molecule has 2 aliphatic rings. The molecule has 6 heteroatoms. The van der Waals surface area contributed by atoms with Gasteiger partial charge in [-0.3, -0.25) is 9.59 Å². The summed E-state index contributed by atoms with van der Waals surface area (Å²) in [5.74, 6) is -0.825. The fourth-order valence-electron chi connectivity index (χ4n) is 4.37. The Bertz CT molecular complexity index is 1050. The lowest BCUT2D eigenvalue weighted by atomic mass is 9.93. The van der Waals surface area contributed by atoms with E-state index < -0.39 is 17.7 Å². The Morgan fingerprint density at radius 1 is 1.19 bits per heavy atom. The molecule has 2 saturated heterocycles. The largest absolute Gasteiger partial charge is 0.507 e. The SMILES string of the molecule is COc1cccc(C2/C(=C(\O)c3cc(C)ccc3C)C(=O)C(=O)N2CC2CCCO2)c1. The summed E-state index contributed by atoms with van der Waals surface area (Å²) >= 11 is 0. The first-order valence-corrected chi connectivity index (χ1v) is 10.5. The average Bonchev–Trinajstić information content (AvgIpc) is 3.37. The average molecular weight is 421 g/mol. The smallest absolute Gasteiger partial charge is 0.295 e. The van der Waals surface area contributed by atoms with E-state index in [1.807, 2.05) is 44.2 Å². The third kappa shape index (κ3) is 3.95. The zero-order valence-corrected chi connectivity index (χ0v) is 18.1. The van der Waals surface area contributed by atoms with Crippen LogP contribution in [0, 0.1) is 13.8 Å². The molecule has 6 nitrogen and oxygen atoms in total. The van der Waals surface area contributed by atoms with Crippen molar-refractivity contribution in [2.24, 2.45) is 0 Å². The molecular formula is C25H27NO5. The summed E-state index contributed by atoms with van der Waals surface area (Å²) in [7, 11) is 1.57. The highest BCUT2D eigenvalue weighted by molar-refractivity contribution is 6.46. The Morgan fingerprint density at radius 2 is 2.00 bits per heavy atom. The summed E-state index contributed by atoms with van der Waals surface area (Å²) in [6.45, 7) is 4.75. The van der Waals surface area contributed by atoms with Crippen molar-refractivity contribution in [1.82, 2.24) is 4.90 Å². The maximum Gasteiger partial charge on any atom is 0.295 e. The van der Waals surface area contributed by atoms with Gasteiger partial charge in [-0.2, -0.15) is 0 Å². The second-order valence-corrected chi connectivity index (χ2v) is 8.18. The molecular weight excluding hydrogens is 394 g/mol. The van der Waals surface area contributed by atoms with Crippen LogP contribution in [-0.4, -0.2) is 48.1 Å². The Morgan fingerprint density at radius 3 is 2.71 bits per heavy atom. The summed E-state index contributed by atoms with van der Waals surface area (Å²) in [6, 6.07) is 12.2. The summed E-state index contributed by atoms with van der Waals surface area (Å²) < 4.78 is 11.1. The molecule has 0 saturated carbocycles. The van der Waals surface area contributed by atoms with Gasteiger partial charge in [-0.15, -0.1) is 0 Å². The van der Waals surface area contributed by atoms with Gasteiger partial charge in [-0.25, -0.2) is 0 Å². The molecule has 31 heavy (non-hydrogen) atoms. The van der Waals surface area contributed by atoms with Crippen LogP contribution in [0.15, 0.2) is 48.0 Å². The molecule has 0 radical (unpaired) electrons. The monoisotopic (exact) mass is 421 g/mol. The van der Waals surface area contributed by atoms with Crippen LogP contribution in [0.3, 0.4) is 0 Å². The lowest BCUT2D eigenvalue weighted by molar-refractivity contribution is -0.140. The molecule has 2 aromatic carbocycles. The van der Waals surface area contributed by atoms with Crippen molar-refractivity contribution in [3.05, 3.63) is 70.3 Å². The Balaban J connectivity index is 1.87. The quantitative estimate of drug-likeness (QED) is 0.450. The lowest BCUT2D eigenvalue weighted by Crippen LogP contribution is -2.36. The number of carbonyl (C=O) groups excluding carboxylic acids is 2. The van der Waals surface area contributed by atoms with E-state index in [0.29, 0.717) is 30.0 Å². The maximum absolute atomic E-state index is 13.2. The number of nitrogens with zero attached hydrogens (tertiary/aromatic N) is 1. The minimum atomic E-state index is -0.709. The normalized spacial score (nSPS) is 22.9. The van der Waals surface area contributed by atoms with Crippen molar-refractivity contribution in [3.63, 3.8) is 0 Å². The summed E-state index contributed by atoms with van der Waals surface area (Å²) in [4.78, 5) is 27.8. The van der Waals surface area contributed by atoms with E-state index in [9.17, 15) is 14.7 Å². The van der Waals surface area contributed by atoms with Gasteiger partial charge in [0.2, 0.25) is 0 Å². The van der Waals surface area contributed by atoms with Gasteiger partial charge < -0.3 is 19.5 Å². The molecule has 0 spiro atoms. The third-order valence-electron chi connectivity index (χ3n) is 6.02. The highest BCUT2D eigenvalue weighted by Gasteiger charge is 2.47. The number of carbonyl (C=O) groups is 2. The fourth-order valence-corrected chi connectivity index (χ4v) is 4.37. The van der Waals surface area contributed by atoms with Gasteiger partial charge in [0.25, 0.3) is 11.7 Å². The second kappa shape index (κ2) is 8.55. The van der Waals surface area contributed by atoms with Crippen molar-refractivity contribution in [1.29, 1.82) is 0 Å². The molecule has 2 aromatic rings. The first kappa shape index (κ1) is 21.1. The number of likely N-dealkylation sites (tertiary alicyclic amines) is 1. The van der Waals surface area contributed by atoms with Crippen LogP contribution in [0.1, 0.15) is 41.1 Å². The Labute approximate surface area is 182 Å². The highest BCUT2D eigenvalue weighted by Crippen LogP contribution is 2.41. The van der Waals surface area contributed by atoms with Gasteiger partial charge in [0, 0.05) is 18.7 Å².